The van der Waals surface area contributed by atoms with E-state index in [-0.39, 0.29) is 22.9 Å². The third kappa shape index (κ3) is 4.33. The Morgan fingerprint density at radius 2 is 1.50 bits per heavy atom. The summed E-state index contributed by atoms with van der Waals surface area (Å²) < 4.78 is 6.59. The molecule has 4 nitrogen and oxygen atoms in total. The number of rotatable bonds is 3. The summed E-state index contributed by atoms with van der Waals surface area (Å²) >= 11 is 0. The molecule has 1 aliphatic heterocycles. The average molecular weight is 477 g/mol. The molecule has 9 atom stereocenters. The number of aliphatic hydroxyl groups is 3. The lowest BCUT2D eigenvalue weighted by molar-refractivity contribution is -0.206. The first-order chi connectivity index (χ1) is 15.5. The maximum Gasteiger partial charge on any atom is 0.0888 e. The zero-order valence-corrected chi connectivity index (χ0v) is 23.2. The zero-order valence-electron chi connectivity index (χ0n) is 23.2. The predicted octanol–water partition coefficient (Wildman–Crippen LogP) is 6.02. The highest BCUT2D eigenvalue weighted by Crippen LogP contribution is 2.59. The van der Waals surface area contributed by atoms with Crippen molar-refractivity contribution in [2.24, 2.45) is 34.5 Å². The fraction of sp³-hybridized carbons (Fsp3) is 0.933. The summed E-state index contributed by atoms with van der Waals surface area (Å²) in [7, 11) is 0. The first kappa shape index (κ1) is 26.6. The lowest BCUT2D eigenvalue weighted by Gasteiger charge is -2.54. The summed E-state index contributed by atoms with van der Waals surface area (Å²) in [5, 5.41) is 33.5. The minimum absolute atomic E-state index is 0.0676. The summed E-state index contributed by atoms with van der Waals surface area (Å²) in [4.78, 5) is 0. The van der Waals surface area contributed by atoms with E-state index in [0.717, 1.165) is 57.8 Å². The van der Waals surface area contributed by atoms with Gasteiger partial charge in [-0.05, 0) is 127 Å². The van der Waals surface area contributed by atoms with Crippen LogP contribution in [0.5, 0.6) is 0 Å². The van der Waals surface area contributed by atoms with Crippen LogP contribution in [0.2, 0.25) is 0 Å². The minimum atomic E-state index is -0.722. The van der Waals surface area contributed by atoms with Gasteiger partial charge in [0, 0.05) is 0 Å². The molecule has 0 spiro atoms. The van der Waals surface area contributed by atoms with E-state index >= 15 is 0 Å². The molecular weight excluding hydrogens is 424 g/mol. The van der Waals surface area contributed by atoms with Crippen LogP contribution in [-0.4, -0.2) is 44.3 Å². The van der Waals surface area contributed by atoms with Crippen LogP contribution >= 0.6 is 0 Å². The molecule has 3 aliphatic carbocycles. The fourth-order valence-electron chi connectivity index (χ4n) is 9.08. The van der Waals surface area contributed by atoms with E-state index in [1.54, 1.807) is 0 Å². The standard InChI is InChI=1S/C30H52O4/c1-19-9-10-22-21(13-17-29(22,7)32)26(2,3)20(19)11-12-23-28(6)16-14-24(31)27(4,5)34-25(28)15-18-30(23,8)33/h9,20-25,31-33H,10-18H2,1-8H3/t20-,21+,22+,23+,24+,25+,28+,29+,30-/m0/s1. The Labute approximate surface area is 208 Å². The van der Waals surface area contributed by atoms with Gasteiger partial charge in [-0.15, -0.1) is 0 Å². The summed E-state index contributed by atoms with van der Waals surface area (Å²) in [5.41, 5.74) is -0.412. The Bertz CT molecular complexity index is 794. The second kappa shape index (κ2) is 8.57. The normalized spacial score (nSPS) is 50.5. The van der Waals surface area contributed by atoms with Gasteiger partial charge in [-0.25, -0.2) is 0 Å². The third-order valence-corrected chi connectivity index (χ3v) is 11.5. The van der Waals surface area contributed by atoms with Gasteiger partial charge in [0.25, 0.3) is 0 Å². The maximum atomic E-state index is 11.7. The van der Waals surface area contributed by atoms with Crippen LogP contribution in [0.1, 0.15) is 113 Å². The Hall–Kier alpha value is -0.420. The van der Waals surface area contributed by atoms with Crippen molar-refractivity contribution in [2.45, 2.75) is 142 Å². The number of hydrogen-bond donors (Lipinski definition) is 3. The van der Waals surface area contributed by atoms with Gasteiger partial charge in [0.05, 0.1) is 29.0 Å². The van der Waals surface area contributed by atoms with Gasteiger partial charge in [0.15, 0.2) is 0 Å². The number of hydrogen-bond acceptors (Lipinski definition) is 4. The summed E-state index contributed by atoms with van der Waals surface area (Å²) in [6, 6.07) is 0. The van der Waals surface area contributed by atoms with Crippen molar-refractivity contribution in [1.82, 2.24) is 0 Å². The molecule has 1 heterocycles. The molecule has 3 fully saturated rings. The van der Waals surface area contributed by atoms with Crippen molar-refractivity contribution in [3.05, 3.63) is 11.6 Å². The van der Waals surface area contributed by atoms with Crippen molar-refractivity contribution in [2.75, 3.05) is 0 Å². The van der Waals surface area contributed by atoms with E-state index in [1.165, 1.54) is 5.57 Å². The SMILES string of the molecule is CC1=CC[C@@H]2[C@@H](CC[C@@]2(C)O)C(C)(C)[C@H]1CC[C@@H]1[C@@]2(C)CC[C@@H](O)C(C)(C)O[C@@H]2CC[C@]1(C)O. The Balaban J connectivity index is 1.59. The lowest BCUT2D eigenvalue weighted by atomic mass is 9.55. The van der Waals surface area contributed by atoms with E-state index in [0.29, 0.717) is 17.8 Å². The molecule has 4 rings (SSSR count). The topological polar surface area (TPSA) is 69.9 Å². The highest BCUT2D eigenvalue weighted by atomic mass is 16.5. The number of aliphatic hydroxyl groups excluding tert-OH is 1. The van der Waals surface area contributed by atoms with Gasteiger partial charge >= 0.3 is 0 Å². The number of fused-ring (bicyclic) bond motifs is 2. The van der Waals surface area contributed by atoms with Crippen LogP contribution < -0.4 is 0 Å². The van der Waals surface area contributed by atoms with Crippen molar-refractivity contribution in [1.29, 1.82) is 0 Å². The van der Waals surface area contributed by atoms with Gasteiger partial charge in [0.2, 0.25) is 0 Å². The number of ether oxygens (including phenoxy) is 1. The first-order valence-corrected chi connectivity index (χ1v) is 14.0. The quantitative estimate of drug-likeness (QED) is 0.436. The fourth-order valence-corrected chi connectivity index (χ4v) is 9.08. The van der Waals surface area contributed by atoms with Crippen molar-refractivity contribution >= 4 is 0 Å². The molecule has 0 bridgehead atoms. The van der Waals surface area contributed by atoms with E-state index in [2.05, 4.69) is 33.8 Å². The smallest absolute Gasteiger partial charge is 0.0888 e. The molecule has 0 unspecified atom stereocenters. The van der Waals surface area contributed by atoms with Gasteiger partial charge in [-0.1, -0.05) is 32.4 Å². The zero-order chi connectivity index (χ0) is 25.3. The molecule has 2 saturated carbocycles. The second-order valence-corrected chi connectivity index (χ2v) is 14.5. The Morgan fingerprint density at radius 1 is 0.853 bits per heavy atom. The van der Waals surface area contributed by atoms with Gasteiger partial charge < -0.3 is 20.1 Å². The molecular formula is C30H52O4. The van der Waals surface area contributed by atoms with Gasteiger partial charge in [0.1, 0.15) is 0 Å². The molecule has 0 radical (unpaired) electrons. The van der Waals surface area contributed by atoms with Gasteiger partial charge in [-0.3, -0.25) is 0 Å². The van der Waals surface area contributed by atoms with Gasteiger partial charge in [-0.2, -0.15) is 0 Å². The molecule has 196 valence electrons. The Morgan fingerprint density at radius 3 is 2.18 bits per heavy atom. The molecule has 0 aromatic rings. The summed E-state index contributed by atoms with van der Waals surface area (Å²) in [5.74, 6) is 1.44. The molecule has 0 amide bonds. The molecule has 3 N–H and O–H groups in total. The molecule has 1 saturated heterocycles. The average Bonchev–Trinajstić information content (AvgIpc) is 2.93. The van der Waals surface area contributed by atoms with E-state index in [4.69, 9.17) is 4.74 Å². The van der Waals surface area contributed by atoms with Crippen LogP contribution in [0, 0.1) is 34.5 Å². The molecule has 4 aliphatic rings. The maximum absolute atomic E-state index is 11.7. The first-order valence-electron chi connectivity index (χ1n) is 14.0. The second-order valence-electron chi connectivity index (χ2n) is 14.5. The van der Waals surface area contributed by atoms with E-state index in [1.807, 2.05) is 27.7 Å². The summed E-state index contributed by atoms with van der Waals surface area (Å²) in [6.07, 6.45) is 10.2. The highest BCUT2D eigenvalue weighted by molar-refractivity contribution is 5.17. The highest BCUT2D eigenvalue weighted by Gasteiger charge is 2.57. The van der Waals surface area contributed by atoms with Crippen molar-refractivity contribution in [3.63, 3.8) is 0 Å². The van der Waals surface area contributed by atoms with Crippen LogP contribution in [0.15, 0.2) is 11.6 Å². The van der Waals surface area contributed by atoms with Crippen LogP contribution in [0.3, 0.4) is 0 Å². The Kier molecular flexibility index (Phi) is 6.71. The minimum Gasteiger partial charge on any atom is -0.390 e. The summed E-state index contributed by atoms with van der Waals surface area (Å²) in [6.45, 7) is 17.6. The van der Waals surface area contributed by atoms with Crippen molar-refractivity contribution < 1.29 is 20.1 Å². The monoisotopic (exact) mass is 476 g/mol. The molecule has 0 aromatic heterocycles. The lowest BCUT2D eigenvalue weighted by Crippen LogP contribution is -2.56. The van der Waals surface area contributed by atoms with Crippen molar-refractivity contribution in [3.8, 4) is 0 Å². The van der Waals surface area contributed by atoms with Crippen LogP contribution in [0.4, 0.5) is 0 Å². The number of allylic oxidation sites excluding steroid dienone is 2. The molecule has 0 aromatic carbocycles. The van der Waals surface area contributed by atoms with E-state index < -0.39 is 22.9 Å². The largest absolute Gasteiger partial charge is 0.390 e. The predicted molar refractivity (Wildman–Crippen MR) is 137 cm³/mol. The van der Waals surface area contributed by atoms with Crippen LogP contribution in [0.25, 0.3) is 0 Å². The molecule has 34 heavy (non-hydrogen) atoms. The molecule has 4 heteroatoms. The third-order valence-electron chi connectivity index (χ3n) is 11.5. The van der Waals surface area contributed by atoms with E-state index in [9.17, 15) is 15.3 Å². The van der Waals surface area contributed by atoms with Crippen LogP contribution in [-0.2, 0) is 4.74 Å².